The van der Waals surface area contributed by atoms with Crippen LogP contribution in [0.25, 0.3) is 0 Å². The molecule has 1 rings (SSSR count). The summed E-state index contributed by atoms with van der Waals surface area (Å²) in [4.78, 5) is 11.0. The van der Waals surface area contributed by atoms with E-state index >= 15 is 0 Å². The molecule has 3 nitrogen and oxygen atoms in total. The quantitative estimate of drug-likeness (QED) is 0.826. The smallest absolute Gasteiger partial charge is 0.322 e. The average Bonchev–Trinajstić information content (AvgIpc) is 2.32. The minimum absolute atomic E-state index is 0.291. The van der Waals surface area contributed by atoms with Crippen LogP contribution in [-0.2, 0) is 16.0 Å². The highest BCUT2D eigenvalue weighted by molar-refractivity contribution is 6.30. The third kappa shape index (κ3) is 4.32. The van der Waals surface area contributed by atoms with Crippen molar-refractivity contribution >= 4 is 17.6 Å². The Bertz CT molecular complexity index is 398. The van der Waals surface area contributed by atoms with Crippen LogP contribution in [-0.4, -0.2) is 19.1 Å². The number of hydrogen-bond acceptors (Lipinski definition) is 3. The zero-order chi connectivity index (χ0) is 12.8. The zero-order valence-corrected chi connectivity index (χ0v) is 10.3. The summed E-state index contributed by atoms with van der Waals surface area (Å²) >= 11 is 5.77. The molecule has 0 amide bonds. The lowest BCUT2D eigenvalue weighted by Gasteiger charge is -2.09. The van der Waals surface area contributed by atoms with E-state index in [1.165, 1.54) is 19.2 Å². The molecule has 0 aliphatic heterocycles. The van der Waals surface area contributed by atoms with Crippen LogP contribution in [0.4, 0.5) is 4.39 Å². The molecule has 1 atom stereocenters. The second-order valence-electron chi connectivity index (χ2n) is 3.76. The predicted molar refractivity (Wildman–Crippen MR) is 64.3 cm³/mol. The lowest BCUT2D eigenvalue weighted by atomic mass is 10.0. The minimum Gasteiger partial charge on any atom is -0.468 e. The van der Waals surface area contributed by atoms with E-state index in [1.807, 2.05) is 0 Å². The van der Waals surface area contributed by atoms with Gasteiger partial charge in [-0.1, -0.05) is 11.6 Å². The van der Waals surface area contributed by atoms with E-state index in [2.05, 4.69) is 4.74 Å². The fourth-order valence-corrected chi connectivity index (χ4v) is 1.71. The van der Waals surface area contributed by atoms with Crippen LogP contribution < -0.4 is 5.73 Å². The van der Waals surface area contributed by atoms with Gasteiger partial charge in [0.15, 0.2) is 0 Å². The molecule has 0 heterocycles. The van der Waals surface area contributed by atoms with Gasteiger partial charge in [-0.25, -0.2) is 4.39 Å². The summed E-state index contributed by atoms with van der Waals surface area (Å²) in [5.41, 5.74) is 6.10. The highest BCUT2D eigenvalue weighted by Gasteiger charge is 2.13. The number of methoxy groups -OCH3 is 1. The van der Waals surface area contributed by atoms with Crippen molar-refractivity contribution in [2.45, 2.75) is 25.3 Å². The molecule has 2 N–H and O–H groups in total. The van der Waals surface area contributed by atoms with Crippen molar-refractivity contribution in [2.75, 3.05) is 7.11 Å². The maximum absolute atomic E-state index is 13.3. The lowest BCUT2D eigenvalue weighted by molar-refractivity contribution is -0.142. The fourth-order valence-electron chi connectivity index (χ4n) is 1.52. The molecule has 0 aliphatic carbocycles. The van der Waals surface area contributed by atoms with Crippen molar-refractivity contribution in [2.24, 2.45) is 5.73 Å². The molecule has 1 unspecified atom stereocenters. The van der Waals surface area contributed by atoms with Crippen LogP contribution in [0, 0.1) is 5.82 Å². The van der Waals surface area contributed by atoms with Gasteiger partial charge < -0.3 is 10.5 Å². The number of nitrogens with two attached hydrogens (primary N) is 1. The van der Waals surface area contributed by atoms with Crippen LogP contribution in [0.3, 0.4) is 0 Å². The Labute approximate surface area is 105 Å². The monoisotopic (exact) mass is 259 g/mol. The van der Waals surface area contributed by atoms with Crippen LogP contribution in [0.2, 0.25) is 5.02 Å². The number of benzene rings is 1. The number of carbonyl (C=O) groups excluding carboxylic acids is 1. The van der Waals surface area contributed by atoms with E-state index in [0.717, 1.165) is 0 Å². The maximum atomic E-state index is 13.3. The van der Waals surface area contributed by atoms with Crippen molar-refractivity contribution in [1.82, 2.24) is 0 Å². The summed E-state index contributed by atoms with van der Waals surface area (Å²) in [6.07, 6.45) is 1.56. The van der Waals surface area contributed by atoms with Gasteiger partial charge in [-0.05, 0) is 43.0 Å². The first-order chi connectivity index (χ1) is 8.04. The Morgan fingerprint density at radius 3 is 2.94 bits per heavy atom. The molecule has 94 valence electrons. The molecule has 0 bridgehead atoms. The SMILES string of the molecule is COC(=O)C(N)CCCc1cc(Cl)ccc1F. The molecule has 5 heteroatoms. The normalized spacial score (nSPS) is 12.2. The summed E-state index contributed by atoms with van der Waals surface area (Å²) < 4.78 is 17.8. The van der Waals surface area contributed by atoms with E-state index in [0.29, 0.717) is 29.8 Å². The molecule has 0 fully saturated rings. The molecule has 0 aromatic heterocycles. The molecule has 0 saturated carbocycles. The molecule has 1 aromatic rings. The standard InChI is InChI=1S/C12H15ClFNO2/c1-17-12(16)11(15)4-2-3-8-7-9(13)5-6-10(8)14/h5-7,11H,2-4,15H2,1H3. The highest BCUT2D eigenvalue weighted by atomic mass is 35.5. The van der Waals surface area contributed by atoms with Gasteiger partial charge in [0.2, 0.25) is 0 Å². The van der Waals surface area contributed by atoms with E-state index in [1.54, 1.807) is 6.07 Å². The molecule has 0 aliphatic rings. The Hall–Kier alpha value is -1.13. The first kappa shape index (κ1) is 13.9. The molecule has 0 saturated heterocycles. The van der Waals surface area contributed by atoms with Gasteiger partial charge in [0, 0.05) is 5.02 Å². The van der Waals surface area contributed by atoms with Crippen LogP contribution >= 0.6 is 11.6 Å². The summed E-state index contributed by atoms with van der Waals surface area (Å²) in [7, 11) is 1.29. The van der Waals surface area contributed by atoms with Crippen molar-refractivity contribution < 1.29 is 13.9 Å². The molecular formula is C12H15ClFNO2. The second kappa shape index (κ2) is 6.57. The van der Waals surface area contributed by atoms with Crippen molar-refractivity contribution in [3.8, 4) is 0 Å². The van der Waals surface area contributed by atoms with Crippen molar-refractivity contribution in [3.63, 3.8) is 0 Å². The van der Waals surface area contributed by atoms with E-state index in [9.17, 15) is 9.18 Å². The van der Waals surface area contributed by atoms with Gasteiger partial charge in [-0.15, -0.1) is 0 Å². The number of aryl methyl sites for hydroxylation is 1. The maximum Gasteiger partial charge on any atom is 0.322 e. The summed E-state index contributed by atoms with van der Waals surface area (Å²) in [5, 5.41) is 0.499. The van der Waals surface area contributed by atoms with Gasteiger partial charge in [-0.3, -0.25) is 4.79 Å². The van der Waals surface area contributed by atoms with Crippen LogP contribution in [0.1, 0.15) is 18.4 Å². The first-order valence-electron chi connectivity index (χ1n) is 5.32. The Morgan fingerprint density at radius 1 is 1.59 bits per heavy atom. The van der Waals surface area contributed by atoms with Gasteiger partial charge in [-0.2, -0.15) is 0 Å². The average molecular weight is 260 g/mol. The van der Waals surface area contributed by atoms with Gasteiger partial charge >= 0.3 is 5.97 Å². The summed E-state index contributed by atoms with van der Waals surface area (Å²) in [6.45, 7) is 0. The van der Waals surface area contributed by atoms with Crippen LogP contribution in [0.5, 0.6) is 0 Å². The summed E-state index contributed by atoms with van der Waals surface area (Å²) in [6, 6.07) is 3.77. The first-order valence-corrected chi connectivity index (χ1v) is 5.69. The number of esters is 1. The molecule has 17 heavy (non-hydrogen) atoms. The molecular weight excluding hydrogens is 245 g/mol. The Kier molecular flexibility index (Phi) is 5.38. The van der Waals surface area contributed by atoms with E-state index in [4.69, 9.17) is 17.3 Å². The van der Waals surface area contributed by atoms with Gasteiger partial charge in [0.25, 0.3) is 0 Å². The predicted octanol–water partition coefficient (Wildman–Crippen LogP) is 2.30. The van der Waals surface area contributed by atoms with E-state index in [-0.39, 0.29) is 5.82 Å². The number of ether oxygens (including phenoxy) is 1. The van der Waals surface area contributed by atoms with Crippen molar-refractivity contribution in [1.29, 1.82) is 0 Å². The highest BCUT2D eigenvalue weighted by Crippen LogP contribution is 2.17. The molecule has 1 aromatic carbocycles. The zero-order valence-electron chi connectivity index (χ0n) is 9.58. The molecule has 0 radical (unpaired) electrons. The minimum atomic E-state index is -0.651. The molecule has 0 spiro atoms. The van der Waals surface area contributed by atoms with Gasteiger partial charge in [0.1, 0.15) is 11.9 Å². The van der Waals surface area contributed by atoms with Crippen LogP contribution in [0.15, 0.2) is 18.2 Å². The van der Waals surface area contributed by atoms with E-state index < -0.39 is 12.0 Å². The number of rotatable bonds is 5. The number of halogens is 2. The topological polar surface area (TPSA) is 52.3 Å². The van der Waals surface area contributed by atoms with Gasteiger partial charge in [0.05, 0.1) is 7.11 Å². The largest absolute Gasteiger partial charge is 0.468 e. The number of carbonyl (C=O) groups is 1. The lowest BCUT2D eigenvalue weighted by Crippen LogP contribution is -2.31. The third-order valence-corrected chi connectivity index (χ3v) is 2.71. The number of hydrogen-bond donors (Lipinski definition) is 1. The Balaban J connectivity index is 2.45. The van der Waals surface area contributed by atoms with Crippen molar-refractivity contribution in [3.05, 3.63) is 34.6 Å². The third-order valence-electron chi connectivity index (χ3n) is 2.47. The fraction of sp³-hybridized carbons (Fsp3) is 0.417. The second-order valence-corrected chi connectivity index (χ2v) is 4.19. The summed E-state index contributed by atoms with van der Waals surface area (Å²) in [5.74, 6) is -0.738. The Morgan fingerprint density at radius 2 is 2.29 bits per heavy atom.